The first-order valence-electron chi connectivity index (χ1n) is 5.24. The van der Waals surface area contributed by atoms with Gasteiger partial charge in [-0.05, 0) is 24.6 Å². The highest BCUT2D eigenvalue weighted by Crippen LogP contribution is 2.09. The molecule has 0 rings (SSSR count). The molecule has 0 N–H and O–H groups in total. The van der Waals surface area contributed by atoms with Crippen LogP contribution in [0.4, 0.5) is 0 Å². The van der Waals surface area contributed by atoms with E-state index in [4.69, 9.17) is 0 Å². The van der Waals surface area contributed by atoms with Crippen LogP contribution in [0.1, 0.15) is 13.8 Å². The summed E-state index contributed by atoms with van der Waals surface area (Å²) >= 11 is 3.38. The van der Waals surface area contributed by atoms with Crippen molar-refractivity contribution >= 4 is 21.8 Å². The van der Waals surface area contributed by atoms with Crippen molar-refractivity contribution in [2.45, 2.75) is 13.8 Å². The fourth-order valence-electron chi connectivity index (χ4n) is 1.05. The number of carbonyl (C=O) groups is 1. The van der Waals surface area contributed by atoms with Gasteiger partial charge in [-0.25, -0.2) is 0 Å². The van der Waals surface area contributed by atoms with Crippen LogP contribution in [-0.2, 0) is 4.79 Å². The number of halogens is 1. The van der Waals surface area contributed by atoms with E-state index in [1.54, 1.807) is 18.4 Å². The second-order valence-corrected chi connectivity index (χ2v) is 3.85. The summed E-state index contributed by atoms with van der Waals surface area (Å²) in [5.74, 6) is -0.0846. The van der Waals surface area contributed by atoms with Crippen LogP contribution in [0.15, 0.2) is 61.0 Å². The maximum Gasteiger partial charge on any atom is 0.227 e. The first kappa shape index (κ1) is 15.7. The van der Waals surface area contributed by atoms with Gasteiger partial charge in [0.15, 0.2) is 0 Å². The van der Waals surface area contributed by atoms with Gasteiger partial charge in [0.25, 0.3) is 0 Å². The third-order valence-corrected chi connectivity index (χ3v) is 2.68. The van der Waals surface area contributed by atoms with Crippen molar-refractivity contribution in [3.63, 3.8) is 0 Å². The Morgan fingerprint density at radius 2 is 2.06 bits per heavy atom. The molecule has 3 heteroatoms. The topological polar surface area (TPSA) is 20.3 Å². The number of rotatable bonds is 6. The summed E-state index contributed by atoms with van der Waals surface area (Å²) < 4.78 is 0. The van der Waals surface area contributed by atoms with E-state index in [1.165, 1.54) is 11.8 Å². The van der Waals surface area contributed by atoms with Crippen LogP contribution < -0.4 is 0 Å². The third-order valence-electron chi connectivity index (χ3n) is 2.03. The van der Waals surface area contributed by atoms with Crippen molar-refractivity contribution in [1.82, 2.24) is 4.90 Å². The van der Waals surface area contributed by atoms with Crippen molar-refractivity contribution in [1.29, 1.82) is 0 Å². The highest BCUT2D eigenvalue weighted by molar-refractivity contribution is 9.09. The Balaban J connectivity index is 4.81. The number of amides is 1. The quantitative estimate of drug-likeness (QED) is 0.537. The normalized spacial score (nSPS) is 12.1. The zero-order valence-electron chi connectivity index (χ0n) is 10.3. The molecule has 0 fully saturated rings. The molecule has 0 atom stereocenters. The standard InChI is InChI=1S/C14H18BrNO/c1-5-7-10-16(13(4)17)12(3)8-9-14(6-2)11-15/h5-10H,1,3,11H2,2,4H3/b9-8-,10-7-,14-6+. The van der Waals surface area contributed by atoms with Gasteiger partial charge in [-0.15, -0.1) is 0 Å². The van der Waals surface area contributed by atoms with Gasteiger partial charge in [0.05, 0.1) is 0 Å². The zero-order valence-corrected chi connectivity index (χ0v) is 11.9. The molecule has 1 amide bonds. The summed E-state index contributed by atoms with van der Waals surface area (Å²) in [6.07, 6.45) is 10.7. The molecule has 0 saturated carbocycles. The minimum atomic E-state index is -0.0846. The molecule has 0 radical (unpaired) electrons. The van der Waals surface area contributed by atoms with Gasteiger partial charge in [-0.1, -0.05) is 47.3 Å². The molecule has 0 aromatic heterocycles. The van der Waals surface area contributed by atoms with Crippen LogP contribution >= 0.6 is 15.9 Å². The molecule has 0 aromatic rings. The minimum absolute atomic E-state index is 0.0846. The number of nitrogens with zero attached hydrogens (tertiary/aromatic N) is 1. The monoisotopic (exact) mass is 295 g/mol. The van der Waals surface area contributed by atoms with E-state index >= 15 is 0 Å². The van der Waals surface area contributed by atoms with Crippen LogP contribution in [0.25, 0.3) is 0 Å². The van der Waals surface area contributed by atoms with Crippen LogP contribution in [0.3, 0.4) is 0 Å². The Labute approximate surface area is 112 Å². The average molecular weight is 296 g/mol. The van der Waals surface area contributed by atoms with Crippen LogP contribution in [0, 0.1) is 0 Å². The Hall–Kier alpha value is -1.35. The fraction of sp³-hybridized carbons (Fsp3) is 0.214. The Morgan fingerprint density at radius 3 is 2.47 bits per heavy atom. The molecule has 0 aliphatic carbocycles. The van der Waals surface area contributed by atoms with E-state index in [1.807, 2.05) is 25.2 Å². The maximum atomic E-state index is 11.4. The summed E-state index contributed by atoms with van der Waals surface area (Å²) in [6, 6.07) is 0. The average Bonchev–Trinajstić information content (AvgIpc) is 2.30. The molecule has 0 heterocycles. The molecule has 0 spiro atoms. The Bertz CT molecular complexity index is 378. The van der Waals surface area contributed by atoms with E-state index in [2.05, 4.69) is 29.1 Å². The summed E-state index contributed by atoms with van der Waals surface area (Å²) in [5.41, 5.74) is 1.75. The Morgan fingerprint density at radius 1 is 1.41 bits per heavy atom. The smallest absolute Gasteiger partial charge is 0.227 e. The lowest BCUT2D eigenvalue weighted by molar-refractivity contribution is -0.124. The number of allylic oxidation sites excluding steroid dienone is 6. The van der Waals surface area contributed by atoms with Crippen molar-refractivity contribution in [2.75, 3.05) is 5.33 Å². The molecule has 0 aliphatic rings. The van der Waals surface area contributed by atoms with Crippen molar-refractivity contribution < 1.29 is 4.79 Å². The first-order valence-corrected chi connectivity index (χ1v) is 6.36. The van der Waals surface area contributed by atoms with Crippen molar-refractivity contribution in [2.24, 2.45) is 0 Å². The highest BCUT2D eigenvalue weighted by atomic mass is 79.9. The van der Waals surface area contributed by atoms with Gasteiger partial charge in [0.2, 0.25) is 5.91 Å². The molecule has 0 aliphatic heterocycles. The molecule has 0 bridgehead atoms. The molecule has 2 nitrogen and oxygen atoms in total. The molecular weight excluding hydrogens is 278 g/mol. The SMILES string of the molecule is C=C/C=C\N(C(=C)/C=C\C(=C/C)CBr)C(C)=O. The van der Waals surface area contributed by atoms with Gasteiger partial charge in [-0.2, -0.15) is 0 Å². The lowest BCUT2D eigenvalue weighted by Crippen LogP contribution is -2.20. The van der Waals surface area contributed by atoms with E-state index in [9.17, 15) is 4.79 Å². The minimum Gasteiger partial charge on any atom is -0.289 e. The van der Waals surface area contributed by atoms with Crippen molar-refractivity contribution in [3.05, 3.63) is 61.0 Å². The van der Waals surface area contributed by atoms with E-state index in [0.717, 1.165) is 10.9 Å². The predicted molar refractivity (Wildman–Crippen MR) is 77.7 cm³/mol. The largest absolute Gasteiger partial charge is 0.289 e. The number of carbonyl (C=O) groups excluding carboxylic acids is 1. The van der Waals surface area contributed by atoms with Crippen molar-refractivity contribution in [3.8, 4) is 0 Å². The molecule has 0 unspecified atom stereocenters. The lowest BCUT2D eigenvalue weighted by Gasteiger charge is -2.16. The first-order chi connectivity index (χ1) is 8.06. The maximum absolute atomic E-state index is 11.4. The van der Waals surface area contributed by atoms with E-state index in [-0.39, 0.29) is 5.91 Å². The molecular formula is C14H18BrNO. The van der Waals surface area contributed by atoms with E-state index in [0.29, 0.717) is 5.70 Å². The molecule has 0 saturated heterocycles. The van der Waals surface area contributed by atoms with Gasteiger partial charge >= 0.3 is 0 Å². The second kappa shape index (κ2) is 8.76. The summed E-state index contributed by atoms with van der Waals surface area (Å²) in [7, 11) is 0. The van der Waals surface area contributed by atoms with E-state index < -0.39 is 0 Å². The van der Waals surface area contributed by atoms with Gasteiger partial charge in [0, 0.05) is 24.2 Å². The zero-order chi connectivity index (χ0) is 13.3. The summed E-state index contributed by atoms with van der Waals surface area (Å²) in [5, 5.41) is 0.774. The van der Waals surface area contributed by atoms with Gasteiger partial charge in [-0.3, -0.25) is 9.69 Å². The number of alkyl halides is 1. The fourth-order valence-corrected chi connectivity index (χ4v) is 1.56. The van der Waals surface area contributed by atoms with Crippen LogP contribution in [0.5, 0.6) is 0 Å². The molecule has 17 heavy (non-hydrogen) atoms. The number of hydrogen-bond donors (Lipinski definition) is 0. The predicted octanol–water partition coefficient (Wildman–Crippen LogP) is 3.95. The second-order valence-electron chi connectivity index (χ2n) is 3.29. The van der Waals surface area contributed by atoms with Crippen LogP contribution in [0.2, 0.25) is 0 Å². The third kappa shape index (κ3) is 6.07. The van der Waals surface area contributed by atoms with Gasteiger partial charge < -0.3 is 0 Å². The van der Waals surface area contributed by atoms with Crippen LogP contribution in [-0.4, -0.2) is 16.1 Å². The molecule has 92 valence electrons. The highest BCUT2D eigenvalue weighted by Gasteiger charge is 2.05. The summed E-state index contributed by atoms with van der Waals surface area (Å²) in [6.45, 7) is 10.9. The Kier molecular flexibility index (Phi) is 8.07. The van der Waals surface area contributed by atoms with Gasteiger partial charge in [0.1, 0.15) is 0 Å². The summed E-state index contributed by atoms with van der Waals surface area (Å²) in [4.78, 5) is 12.9. The molecule has 0 aromatic carbocycles. The lowest BCUT2D eigenvalue weighted by atomic mass is 10.2. The number of hydrogen-bond acceptors (Lipinski definition) is 1.